The predicted molar refractivity (Wildman–Crippen MR) is 118 cm³/mol. The van der Waals surface area contributed by atoms with Crippen molar-refractivity contribution in [1.29, 1.82) is 0 Å². The summed E-state index contributed by atoms with van der Waals surface area (Å²) < 4.78 is 58.3. The zero-order valence-electron chi connectivity index (χ0n) is 20.6. The second kappa shape index (κ2) is 10.8. The zero-order valence-corrected chi connectivity index (χ0v) is 21.6. The Balaban J connectivity index is 5.35. The molecule has 1 amide bonds. The third-order valence-corrected chi connectivity index (χ3v) is 9.63. The number of hydrazine groups is 1. The first-order valence-electron chi connectivity index (χ1n) is 10.4. The summed E-state index contributed by atoms with van der Waals surface area (Å²) in [6.07, 6.45) is -6.33. The molecule has 4 N–H and O–H groups in total. The van der Waals surface area contributed by atoms with Crippen LogP contribution < -0.4 is 16.6 Å². The average Bonchev–Trinajstić information content (AvgIpc) is 2.46. The van der Waals surface area contributed by atoms with Crippen LogP contribution in [0.1, 0.15) is 61.8 Å². The normalized spacial score (nSPS) is 16.1. The van der Waals surface area contributed by atoms with Crippen LogP contribution in [0.25, 0.3) is 0 Å². The minimum atomic E-state index is -4.50. The van der Waals surface area contributed by atoms with Gasteiger partial charge in [0, 0.05) is 6.54 Å². The van der Waals surface area contributed by atoms with E-state index in [9.17, 15) is 18.0 Å². The number of hydrogen-bond donors (Lipinski definition) is 3. The molecule has 0 spiro atoms. The number of carbonyl (C=O) groups excluding carboxylic acids is 1. The number of halogens is 3. The van der Waals surface area contributed by atoms with E-state index in [0.717, 1.165) is 0 Å². The Morgan fingerprint density at radius 1 is 1.03 bits per heavy atom. The lowest BCUT2D eigenvalue weighted by Crippen LogP contribution is -2.52. The topological polar surface area (TPSA) is 94.8 Å². The smallest absolute Gasteiger partial charge is 0.409 e. The highest BCUT2D eigenvalue weighted by Gasteiger charge is 2.48. The number of ether oxygens (including phenoxy) is 2. The van der Waals surface area contributed by atoms with E-state index in [1.807, 2.05) is 33.9 Å². The Morgan fingerprint density at radius 2 is 1.55 bits per heavy atom. The van der Waals surface area contributed by atoms with E-state index in [1.54, 1.807) is 34.6 Å². The molecule has 0 aromatic rings. The van der Waals surface area contributed by atoms with E-state index < -0.39 is 50.5 Å². The first-order chi connectivity index (χ1) is 13.6. The minimum absolute atomic E-state index is 0.0161. The van der Waals surface area contributed by atoms with Gasteiger partial charge in [0.2, 0.25) is 0 Å². The fourth-order valence-electron chi connectivity index (χ4n) is 2.50. The molecule has 0 bridgehead atoms. The van der Waals surface area contributed by atoms with E-state index in [4.69, 9.17) is 19.7 Å². The molecular weight excluding hydrogens is 431 g/mol. The number of rotatable bonds is 10. The van der Waals surface area contributed by atoms with Gasteiger partial charge in [-0.05, 0) is 59.2 Å². The van der Waals surface area contributed by atoms with Crippen LogP contribution in [0.3, 0.4) is 0 Å². The maximum atomic E-state index is 13.7. The van der Waals surface area contributed by atoms with Gasteiger partial charge in [0.15, 0.2) is 8.32 Å². The van der Waals surface area contributed by atoms with Crippen molar-refractivity contribution in [3.05, 3.63) is 0 Å². The third-order valence-electron chi connectivity index (χ3n) is 5.13. The molecule has 186 valence electrons. The number of nitrogens with two attached hydrogens (primary N) is 1. The SMILES string of the molecule is CC(C)(C)OC(=O)NC(C)(C)OCCC(O[Si](C)(C)C(C)(C)C)C(CNN)C(F)(F)F. The number of carbonyl (C=O) groups is 1. The van der Waals surface area contributed by atoms with Gasteiger partial charge >= 0.3 is 12.3 Å². The van der Waals surface area contributed by atoms with Crippen molar-refractivity contribution >= 4 is 14.4 Å². The quantitative estimate of drug-likeness (QED) is 0.184. The molecule has 0 aliphatic rings. The molecule has 0 saturated carbocycles. The van der Waals surface area contributed by atoms with Crippen LogP contribution in [0, 0.1) is 5.92 Å². The fourth-order valence-corrected chi connectivity index (χ4v) is 3.89. The lowest BCUT2D eigenvalue weighted by molar-refractivity contribution is -0.199. The molecule has 0 fully saturated rings. The van der Waals surface area contributed by atoms with Crippen LogP contribution in [-0.4, -0.2) is 51.2 Å². The largest absolute Gasteiger partial charge is 0.444 e. The van der Waals surface area contributed by atoms with Crippen LogP contribution in [0.5, 0.6) is 0 Å². The van der Waals surface area contributed by atoms with E-state index in [1.165, 1.54) is 0 Å². The standard InChI is InChI=1S/C20H42F3N3O4Si/c1-17(2,3)29-16(27)26-19(7,8)28-12-11-15(14(13-25-24)20(21,22)23)30-31(9,10)18(4,5)6/h14-15,25H,11-13,24H2,1-10H3,(H,26,27). The maximum Gasteiger partial charge on any atom is 0.409 e. The van der Waals surface area contributed by atoms with Gasteiger partial charge in [-0.3, -0.25) is 16.6 Å². The highest BCUT2D eigenvalue weighted by Crippen LogP contribution is 2.40. The van der Waals surface area contributed by atoms with Gasteiger partial charge in [-0.2, -0.15) is 13.2 Å². The lowest BCUT2D eigenvalue weighted by Gasteiger charge is -2.42. The molecule has 0 aliphatic heterocycles. The molecule has 0 aromatic heterocycles. The Hall–Kier alpha value is -0.883. The Labute approximate surface area is 186 Å². The predicted octanol–water partition coefficient (Wildman–Crippen LogP) is 4.69. The van der Waals surface area contributed by atoms with Crippen LogP contribution in [-0.2, 0) is 13.9 Å². The van der Waals surface area contributed by atoms with Crippen LogP contribution in [0.2, 0.25) is 18.1 Å². The second-order valence-electron chi connectivity index (χ2n) is 10.7. The number of nitrogens with one attached hydrogen (secondary N) is 2. The summed E-state index contributed by atoms with van der Waals surface area (Å²) in [5.41, 5.74) is 0.317. The zero-order chi connectivity index (χ0) is 24.9. The summed E-state index contributed by atoms with van der Waals surface area (Å²) in [5.74, 6) is 3.44. The number of alkyl halides is 3. The molecule has 2 atom stereocenters. The van der Waals surface area contributed by atoms with Gasteiger partial charge in [-0.25, -0.2) is 4.79 Å². The monoisotopic (exact) mass is 473 g/mol. The molecule has 7 nitrogen and oxygen atoms in total. The van der Waals surface area contributed by atoms with E-state index in [-0.39, 0.29) is 18.1 Å². The highest BCUT2D eigenvalue weighted by atomic mass is 28.4. The fraction of sp³-hybridized carbons (Fsp3) is 0.950. The van der Waals surface area contributed by atoms with Crippen LogP contribution in [0.4, 0.5) is 18.0 Å². The molecule has 0 saturated heterocycles. The molecule has 31 heavy (non-hydrogen) atoms. The number of hydrogen-bond acceptors (Lipinski definition) is 6. The summed E-state index contributed by atoms with van der Waals surface area (Å²) in [6.45, 7) is 17.5. The third kappa shape index (κ3) is 11.5. The van der Waals surface area contributed by atoms with Crippen molar-refractivity contribution in [3.8, 4) is 0 Å². The van der Waals surface area contributed by atoms with Crippen molar-refractivity contribution < 1.29 is 31.9 Å². The minimum Gasteiger partial charge on any atom is -0.444 e. The molecule has 0 aromatic carbocycles. The van der Waals surface area contributed by atoms with Gasteiger partial charge in [0.1, 0.15) is 11.3 Å². The first kappa shape index (κ1) is 30.1. The Bertz CT molecular complexity index is 573. The molecule has 0 rings (SSSR count). The molecule has 11 heteroatoms. The van der Waals surface area contributed by atoms with Crippen molar-refractivity contribution in [2.75, 3.05) is 13.2 Å². The molecular formula is C20H42F3N3O4Si. The van der Waals surface area contributed by atoms with Crippen molar-refractivity contribution in [2.24, 2.45) is 11.8 Å². The number of alkyl carbamates (subject to hydrolysis) is 1. The van der Waals surface area contributed by atoms with Gasteiger partial charge in [-0.1, -0.05) is 20.8 Å². The number of amides is 1. The summed E-state index contributed by atoms with van der Waals surface area (Å²) in [5, 5.41) is 2.31. The molecule has 0 radical (unpaired) electrons. The van der Waals surface area contributed by atoms with Crippen molar-refractivity contribution in [1.82, 2.24) is 10.7 Å². The van der Waals surface area contributed by atoms with E-state index >= 15 is 0 Å². The Kier molecular flexibility index (Phi) is 10.5. The van der Waals surface area contributed by atoms with Gasteiger partial charge in [-0.15, -0.1) is 0 Å². The van der Waals surface area contributed by atoms with Crippen molar-refractivity contribution in [3.63, 3.8) is 0 Å². The summed E-state index contributed by atoms with van der Waals surface area (Å²) >= 11 is 0. The average molecular weight is 474 g/mol. The van der Waals surface area contributed by atoms with Crippen LogP contribution >= 0.6 is 0 Å². The van der Waals surface area contributed by atoms with Gasteiger partial charge < -0.3 is 13.9 Å². The molecule has 0 heterocycles. The van der Waals surface area contributed by atoms with Gasteiger partial charge in [0.25, 0.3) is 0 Å². The van der Waals surface area contributed by atoms with E-state index in [0.29, 0.717) is 0 Å². The summed E-state index contributed by atoms with van der Waals surface area (Å²) in [7, 11) is -2.50. The summed E-state index contributed by atoms with van der Waals surface area (Å²) in [4.78, 5) is 12.0. The molecule has 2 unspecified atom stereocenters. The first-order valence-corrected chi connectivity index (χ1v) is 13.4. The van der Waals surface area contributed by atoms with E-state index in [2.05, 4.69) is 10.7 Å². The lowest BCUT2D eigenvalue weighted by atomic mass is 9.99. The highest BCUT2D eigenvalue weighted by molar-refractivity contribution is 6.74. The maximum absolute atomic E-state index is 13.7. The van der Waals surface area contributed by atoms with Gasteiger partial charge in [0.05, 0.1) is 18.6 Å². The summed E-state index contributed by atoms with van der Waals surface area (Å²) in [6, 6.07) is 0. The van der Waals surface area contributed by atoms with Crippen molar-refractivity contribution in [2.45, 2.75) is 104 Å². The van der Waals surface area contributed by atoms with Crippen LogP contribution in [0.15, 0.2) is 0 Å². The second-order valence-corrected chi connectivity index (χ2v) is 15.5. The Morgan fingerprint density at radius 3 is 1.94 bits per heavy atom. The molecule has 0 aliphatic carbocycles.